The largest absolute Gasteiger partial charge is 0.416 e. The van der Waals surface area contributed by atoms with Crippen LogP contribution in [-0.4, -0.2) is 57.6 Å². The van der Waals surface area contributed by atoms with E-state index in [-0.39, 0.29) is 18.0 Å². The van der Waals surface area contributed by atoms with Gasteiger partial charge in [0.2, 0.25) is 21.8 Å². The van der Waals surface area contributed by atoms with Crippen LogP contribution in [0.1, 0.15) is 24.5 Å². The fraction of sp³-hybridized carbons (Fsp3) is 0.391. The summed E-state index contributed by atoms with van der Waals surface area (Å²) < 4.78 is 65.4. The molecule has 35 heavy (non-hydrogen) atoms. The van der Waals surface area contributed by atoms with Crippen LogP contribution in [0.5, 0.6) is 0 Å². The van der Waals surface area contributed by atoms with E-state index in [4.69, 9.17) is 11.6 Å². The molecular formula is C23H27ClF3N3O4S. The number of benzene rings is 2. The van der Waals surface area contributed by atoms with E-state index in [1.165, 1.54) is 11.9 Å². The smallest absolute Gasteiger partial charge is 0.357 e. The Bertz CT molecular complexity index is 1140. The molecule has 1 atom stereocenters. The Morgan fingerprint density at radius 2 is 1.74 bits per heavy atom. The van der Waals surface area contributed by atoms with Gasteiger partial charge >= 0.3 is 6.18 Å². The van der Waals surface area contributed by atoms with Gasteiger partial charge in [-0.3, -0.25) is 13.9 Å². The monoisotopic (exact) mass is 533 g/mol. The fourth-order valence-electron chi connectivity index (χ4n) is 3.54. The van der Waals surface area contributed by atoms with Crippen LogP contribution in [0, 0.1) is 0 Å². The van der Waals surface area contributed by atoms with Crippen molar-refractivity contribution < 1.29 is 31.2 Å². The van der Waals surface area contributed by atoms with E-state index in [1.54, 1.807) is 6.92 Å². The third kappa shape index (κ3) is 7.60. The molecule has 12 heteroatoms. The average Bonchev–Trinajstić information content (AvgIpc) is 2.79. The summed E-state index contributed by atoms with van der Waals surface area (Å²) in [5, 5.41) is 2.21. The van der Waals surface area contributed by atoms with Crippen LogP contribution in [0.4, 0.5) is 18.9 Å². The maximum Gasteiger partial charge on any atom is 0.416 e. The van der Waals surface area contributed by atoms with Crippen molar-refractivity contribution in [3.05, 3.63) is 64.7 Å². The van der Waals surface area contributed by atoms with Gasteiger partial charge in [0.05, 0.1) is 22.5 Å². The Hall–Kier alpha value is -2.79. The van der Waals surface area contributed by atoms with E-state index < -0.39 is 51.9 Å². The number of hydrogen-bond acceptors (Lipinski definition) is 4. The molecule has 2 rings (SSSR count). The van der Waals surface area contributed by atoms with E-state index in [1.807, 2.05) is 30.3 Å². The van der Waals surface area contributed by atoms with E-state index in [9.17, 15) is 31.2 Å². The minimum absolute atomic E-state index is 0.0860. The molecule has 0 radical (unpaired) electrons. The van der Waals surface area contributed by atoms with Gasteiger partial charge < -0.3 is 10.2 Å². The third-order valence-electron chi connectivity index (χ3n) is 5.34. The van der Waals surface area contributed by atoms with Gasteiger partial charge in [0.1, 0.15) is 12.6 Å². The number of halogens is 4. The maximum absolute atomic E-state index is 13.4. The van der Waals surface area contributed by atoms with Gasteiger partial charge in [0, 0.05) is 13.6 Å². The normalized spacial score (nSPS) is 12.7. The summed E-state index contributed by atoms with van der Waals surface area (Å²) >= 11 is 6.05. The minimum Gasteiger partial charge on any atom is -0.357 e. The maximum atomic E-state index is 13.4. The lowest BCUT2D eigenvalue weighted by Gasteiger charge is -2.32. The van der Waals surface area contributed by atoms with Crippen molar-refractivity contribution in [2.75, 3.05) is 30.7 Å². The van der Waals surface area contributed by atoms with Crippen molar-refractivity contribution in [2.45, 2.75) is 32.0 Å². The molecule has 0 fully saturated rings. The second-order valence-corrected chi connectivity index (χ2v) is 10.1. The molecule has 0 bridgehead atoms. The zero-order chi connectivity index (χ0) is 26.4. The molecule has 0 aliphatic heterocycles. The van der Waals surface area contributed by atoms with E-state index in [0.29, 0.717) is 16.8 Å². The number of carbonyl (C=O) groups excluding carboxylic acids is 2. The average molecular weight is 534 g/mol. The number of alkyl halides is 3. The first-order valence-electron chi connectivity index (χ1n) is 10.7. The summed E-state index contributed by atoms with van der Waals surface area (Å²) in [4.78, 5) is 27.1. The zero-order valence-corrected chi connectivity index (χ0v) is 21.0. The van der Waals surface area contributed by atoms with Crippen molar-refractivity contribution >= 4 is 39.1 Å². The fourth-order valence-corrected chi connectivity index (χ4v) is 4.66. The summed E-state index contributed by atoms with van der Waals surface area (Å²) in [6.07, 6.45) is -3.37. The molecular weight excluding hydrogens is 507 g/mol. The Labute approximate surface area is 207 Å². The molecule has 0 aliphatic carbocycles. The number of rotatable bonds is 10. The molecule has 0 aromatic heterocycles. The molecule has 1 N–H and O–H groups in total. The Morgan fingerprint density at radius 1 is 1.11 bits per heavy atom. The van der Waals surface area contributed by atoms with Gasteiger partial charge in [-0.05, 0) is 36.6 Å². The number of carbonyl (C=O) groups is 2. The number of hydrogen-bond donors (Lipinski definition) is 1. The lowest BCUT2D eigenvalue weighted by atomic mass is 10.1. The summed E-state index contributed by atoms with van der Waals surface area (Å²) in [5.41, 5.74) is -0.706. The second-order valence-electron chi connectivity index (χ2n) is 7.79. The number of likely N-dealkylation sites (N-methyl/N-ethyl adjacent to an activating group) is 1. The van der Waals surface area contributed by atoms with Crippen molar-refractivity contribution in [3.63, 3.8) is 0 Å². The third-order valence-corrected chi connectivity index (χ3v) is 6.78. The molecule has 0 saturated heterocycles. The first-order valence-corrected chi connectivity index (χ1v) is 12.9. The van der Waals surface area contributed by atoms with Crippen molar-refractivity contribution in [1.29, 1.82) is 0 Å². The summed E-state index contributed by atoms with van der Waals surface area (Å²) in [5.74, 6) is -1.20. The van der Waals surface area contributed by atoms with Crippen LogP contribution < -0.4 is 9.62 Å². The molecule has 0 unspecified atom stereocenters. The summed E-state index contributed by atoms with van der Waals surface area (Å²) in [7, 11) is -2.81. The molecule has 0 saturated carbocycles. The number of sulfonamides is 1. The Morgan fingerprint density at radius 3 is 2.26 bits per heavy atom. The lowest BCUT2D eigenvalue weighted by Crippen LogP contribution is -2.52. The van der Waals surface area contributed by atoms with Crippen molar-refractivity contribution in [2.24, 2.45) is 0 Å². The first kappa shape index (κ1) is 28.4. The van der Waals surface area contributed by atoms with Crippen molar-refractivity contribution in [3.8, 4) is 0 Å². The van der Waals surface area contributed by atoms with Crippen LogP contribution in [0.15, 0.2) is 48.5 Å². The SMILES string of the molecule is CC[C@@H](C(=O)NC)N(CCc1ccccc1)C(=O)CN(c1cc(C(F)(F)F)ccc1Cl)S(C)(=O)=O. The molecule has 0 heterocycles. The molecule has 7 nitrogen and oxygen atoms in total. The topological polar surface area (TPSA) is 86.8 Å². The van der Waals surface area contributed by atoms with Gasteiger partial charge in [-0.15, -0.1) is 0 Å². The number of nitrogens with one attached hydrogen (secondary N) is 1. The van der Waals surface area contributed by atoms with E-state index in [2.05, 4.69) is 5.32 Å². The van der Waals surface area contributed by atoms with Crippen LogP contribution in [0.3, 0.4) is 0 Å². The minimum atomic E-state index is -4.75. The first-order chi connectivity index (χ1) is 16.3. The zero-order valence-electron chi connectivity index (χ0n) is 19.5. The summed E-state index contributed by atoms with van der Waals surface area (Å²) in [6, 6.07) is 10.5. The van der Waals surface area contributed by atoms with Gasteiger partial charge in [0.25, 0.3) is 0 Å². The molecule has 2 amide bonds. The van der Waals surface area contributed by atoms with Gasteiger partial charge in [-0.1, -0.05) is 48.9 Å². The highest BCUT2D eigenvalue weighted by molar-refractivity contribution is 7.92. The second kappa shape index (κ2) is 11.8. The molecule has 0 spiro atoms. The van der Waals surface area contributed by atoms with Crippen molar-refractivity contribution in [1.82, 2.24) is 10.2 Å². The number of anilines is 1. The number of amides is 2. The predicted octanol–water partition coefficient (Wildman–Crippen LogP) is 3.72. The number of nitrogens with zero attached hydrogens (tertiary/aromatic N) is 2. The highest BCUT2D eigenvalue weighted by Crippen LogP contribution is 2.36. The van der Waals surface area contributed by atoms with E-state index in [0.717, 1.165) is 24.0 Å². The molecule has 0 aliphatic rings. The quantitative estimate of drug-likeness (QED) is 0.504. The highest BCUT2D eigenvalue weighted by Gasteiger charge is 2.35. The van der Waals surface area contributed by atoms with Crippen LogP contribution in [0.2, 0.25) is 5.02 Å². The molecule has 192 valence electrons. The van der Waals surface area contributed by atoms with Crippen LogP contribution in [-0.2, 0) is 32.2 Å². The van der Waals surface area contributed by atoms with Gasteiger partial charge in [-0.2, -0.15) is 13.2 Å². The van der Waals surface area contributed by atoms with Crippen LogP contribution in [0.25, 0.3) is 0 Å². The predicted molar refractivity (Wildman–Crippen MR) is 129 cm³/mol. The van der Waals surface area contributed by atoms with Gasteiger partial charge in [-0.25, -0.2) is 8.42 Å². The Kier molecular flexibility index (Phi) is 9.56. The van der Waals surface area contributed by atoms with Gasteiger partial charge in [0.15, 0.2) is 0 Å². The Balaban J connectivity index is 2.45. The lowest BCUT2D eigenvalue weighted by molar-refractivity contribution is -0.139. The van der Waals surface area contributed by atoms with E-state index >= 15 is 0 Å². The highest BCUT2D eigenvalue weighted by atomic mass is 35.5. The summed E-state index contributed by atoms with van der Waals surface area (Å²) in [6.45, 7) is 0.950. The molecule has 2 aromatic carbocycles. The molecule has 2 aromatic rings. The van der Waals surface area contributed by atoms with Crippen LogP contribution >= 0.6 is 11.6 Å². The standard InChI is InChI=1S/C23H27ClF3N3O4S/c1-4-19(22(32)28-2)29(13-12-16-8-6-5-7-9-16)21(31)15-30(35(3,33)34)20-14-17(23(25,26)27)10-11-18(20)24/h5-11,14,19H,4,12-13,15H2,1-3H3,(H,28,32)/t19-/m0/s1.